The van der Waals surface area contributed by atoms with Gasteiger partial charge in [-0.15, -0.1) is 0 Å². The number of hydrogen-bond acceptors (Lipinski definition) is 10. The molecular formula is C44H50N2O8. The second-order valence-corrected chi connectivity index (χ2v) is 14.8. The molecule has 6 N–H and O–H groups in total. The number of nitrogens with zero attached hydrogens (tertiary/aromatic N) is 1. The summed E-state index contributed by atoms with van der Waals surface area (Å²) >= 11 is 0. The average molecular weight is 735 g/mol. The maximum absolute atomic E-state index is 14.6. The number of aromatic hydroxyl groups is 4. The highest BCUT2D eigenvalue weighted by Crippen LogP contribution is 2.42. The number of phenols is 4. The fourth-order valence-electron chi connectivity index (χ4n) is 7.42. The number of aliphatic hydroxyl groups is 1. The van der Waals surface area contributed by atoms with Crippen LogP contribution in [0.4, 0.5) is 11.5 Å². The first-order valence-corrected chi connectivity index (χ1v) is 18.7. The summed E-state index contributed by atoms with van der Waals surface area (Å²) in [6.07, 6.45) is 4.53. The zero-order chi connectivity index (χ0) is 38.4. The Bertz CT molecular complexity index is 2100. The number of ether oxygens (including phenoxy) is 2. The molecule has 284 valence electrons. The summed E-state index contributed by atoms with van der Waals surface area (Å²) in [7, 11) is 1.48. The van der Waals surface area contributed by atoms with Gasteiger partial charge < -0.3 is 40.3 Å². The van der Waals surface area contributed by atoms with Gasteiger partial charge in [-0.2, -0.15) is 0 Å². The summed E-state index contributed by atoms with van der Waals surface area (Å²) in [6.45, 7) is 4.63. The number of fused-ring (bicyclic) bond motifs is 5. The van der Waals surface area contributed by atoms with Crippen molar-refractivity contribution in [2.24, 2.45) is 11.8 Å². The van der Waals surface area contributed by atoms with Crippen LogP contribution in [-0.4, -0.2) is 56.1 Å². The number of rotatable bonds is 11. The van der Waals surface area contributed by atoms with Gasteiger partial charge in [0, 0.05) is 24.2 Å². The van der Waals surface area contributed by atoms with Gasteiger partial charge in [0.25, 0.3) is 0 Å². The number of nitrogens with one attached hydrogen (secondary N) is 1. The lowest BCUT2D eigenvalue weighted by atomic mass is 9.80. The SMILES string of the molecule is COc1cc(CC[C@@H](O)[C@@H]2Cc3ccnc(c3)Nc3ccc4cc(O)ccc4c3CC[C@H](c3cc(O)c(O)c(OCCCC(C)C)c3)CC2=O)ccc1O. The van der Waals surface area contributed by atoms with E-state index in [1.54, 1.807) is 42.6 Å². The molecule has 0 spiro atoms. The second-order valence-electron chi connectivity index (χ2n) is 14.8. The predicted octanol–water partition coefficient (Wildman–Crippen LogP) is 8.47. The van der Waals surface area contributed by atoms with E-state index in [9.17, 15) is 30.3 Å². The highest BCUT2D eigenvalue weighted by atomic mass is 16.5. The van der Waals surface area contributed by atoms with Crippen LogP contribution in [0.1, 0.15) is 74.1 Å². The quantitative estimate of drug-likeness (QED) is 0.0574. The normalized spacial score (nSPS) is 16.8. The average Bonchev–Trinajstić information content (AvgIpc) is 3.15. The van der Waals surface area contributed by atoms with E-state index in [0.717, 1.165) is 46.0 Å². The van der Waals surface area contributed by atoms with Gasteiger partial charge in [-0.05, 0) is 144 Å². The number of benzene rings is 4. The molecule has 0 aliphatic carbocycles. The van der Waals surface area contributed by atoms with E-state index >= 15 is 0 Å². The Hall–Kier alpha value is -5.48. The molecule has 0 unspecified atom stereocenters. The van der Waals surface area contributed by atoms with Gasteiger partial charge in [0.2, 0.25) is 5.75 Å². The van der Waals surface area contributed by atoms with Crippen molar-refractivity contribution in [1.82, 2.24) is 4.98 Å². The molecule has 0 radical (unpaired) electrons. The van der Waals surface area contributed by atoms with Crippen molar-refractivity contribution in [1.29, 1.82) is 0 Å². The van der Waals surface area contributed by atoms with Gasteiger partial charge in [0.05, 0.1) is 19.8 Å². The molecule has 2 bridgehead atoms. The maximum atomic E-state index is 14.6. The Morgan fingerprint density at radius 1 is 0.889 bits per heavy atom. The molecule has 5 aromatic rings. The minimum Gasteiger partial charge on any atom is -0.508 e. The second kappa shape index (κ2) is 17.1. The Morgan fingerprint density at radius 2 is 1.72 bits per heavy atom. The first-order chi connectivity index (χ1) is 26.0. The van der Waals surface area contributed by atoms with Crippen LogP contribution in [0.25, 0.3) is 10.8 Å². The summed E-state index contributed by atoms with van der Waals surface area (Å²) in [6, 6.07) is 21.2. The number of pyridine rings is 1. The standard InChI is InChI=1S/C44H50N2O8/c1-26(2)5-4-18-54-42-25-31(24-40(51)44(42)52)29-8-11-34-33-12-10-32(47)22-30(33)9-13-36(34)46-43-21-28(16-17-45-43)19-35(39(50)23-29)37(48)14-6-27-7-15-38(49)41(20-27)53-3/h7,9-10,12-13,15-17,20-22,24-26,29,35,37,47-49,51-52H,4-6,8,11,14,18-19,23H2,1-3H3,(H,45,46)/t29-,35-,37+/m0/s1. The Labute approximate surface area is 316 Å². The molecule has 6 rings (SSSR count). The van der Waals surface area contributed by atoms with Crippen LogP contribution in [0.5, 0.6) is 34.5 Å². The van der Waals surface area contributed by atoms with Crippen LogP contribution in [0.2, 0.25) is 0 Å². The van der Waals surface area contributed by atoms with Gasteiger partial charge in [0.1, 0.15) is 17.4 Å². The van der Waals surface area contributed by atoms with Crippen LogP contribution in [0.3, 0.4) is 0 Å². The van der Waals surface area contributed by atoms with Crippen molar-refractivity contribution in [3.63, 3.8) is 0 Å². The van der Waals surface area contributed by atoms with Gasteiger partial charge in [0.15, 0.2) is 23.0 Å². The van der Waals surface area contributed by atoms with Crippen molar-refractivity contribution in [2.75, 3.05) is 19.0 Å². The summed E-state index contributed by atoms with van der Waals surface area (Å²) in [5, 5.41) is 59.1. The van der Waals surface area contributed by atoms with Crippen molar-refractivity contribution in [2.45, 2.75) is 77.2 Å². The van der Waals surface area contributed by atoms with E-state index in [1.165, 1.54) is 13.2 Å². The zero-order valence-corrected chi connectivity index (χ0v) is 31.1. The van der Waals surface area contributed by atoms with E-state index in [4.69, 9.17) is 9.47 Å². The molecule has 0 saturated carbocycles. The first kappa shape index (κ1) is 38.3. The van der Waals surface area contributed by atoms with Crippen molar-refractivity contribution >= 4 is 28.1 Å². The molecule has 10 heteroatoms. The molecule has 0 amide bonds. The fraction of sp³-hybridized carbons (Fsp3) is 0.364. The molecule has 2 heterocycles. The zero-order valence-electron chi connectivity index (χ0n) is 31.1. The summed E-state index contributed by atoms with van der Waals surface area (Å²) in [5.41, 5.74) is 4.15. The minimum absolute atomic E-state index is 0.0260. The molecule has 54 heavy (non-hydrogen) atoms. The number of aromatic nitrogens is 1. The Balaban J connectivity index is 1.38. The number of Topliss-reactive ketones (excluding diaryl/α,β-unsaturated/α-hetero) is 1. The van der Waals surface area contributed by atoms with Crippen molar-refractivity contribution in [3.8, 4) is 34.5 Å². The topological polar surface area (TPSA) is 162 Å². The van der Waals surface area contributed by atoms with Crippen LogP contribution in [0, 0.1) is 11.8 Å². The summed E-state index contributed by atoms with van der Waals surface area (Å²) in [4.78, 5) is 19.2. The molecule has 1 aromatic heterocycles. The van der Waals surface area contributed by atoms with Gasteiger partial charge in [-0.25, -0.2) is 4.98 Å². The van der Waals surface area contributed by atoms with Gasteiger partial charge >= 0.3 is 0 Å². The summed E-state index contributed by atoms with van der Waals surface area (Å²) in [5.74, 6) is -0.189. The largest absolute Gasteiger partial charge is 0.508 e. The van der Waals surface area contributed by atoms with Gasteiger partial charge in [-0.3, -0.25) is 4.79 Å². The van der Waals surface area contributed by atoms with E-state index in [2.05, 4.69) is 24.1 Å². The monoisotopic (exact) mass is 734 g/mol. The van der Waals surface area contributed by atoms with E-state index in [-0.39, 0.29) is 47.4 Å². The first-order valence-electron chi connectivity index (χ1n) is 18.7. The number of phenolic OH excluding ortho intramolecular Hbond substituents is 4. The third-order valence-electron chi connectivity index (χ3n) is 10.4. The lowest BCUT2D eigenvalue weighted by Gasteiger charge is -2.26. The number of aliphatic hydroxyl groups excluding tert-OH is 1. The fourth-order valence-corrected chi connectivity index (χ4v) is 7.42. The van der Waals surface area contributed by atoms with E-state index < -0.39 is 17.9 Å². The van der Waals surface area contributed by atoms with Crippen molar-refractivity contribution in [3.05, 3.63) is 101 Å². The highest BCUT2D eigenvalue weighted by molar-refractivity contribution is 5.92. The summed E-state index contributed by atoms with van der Waals surface area (Å²) < 4.78 is 11.3. The van der Waals surface area contributed by atoms with E-state index in [0.29, 0.717) is 55.3 Å². The molecule has 0 saturated heterocycles. The smallest absolute Gasteiger partial charge is 0.200 e. The molecule has 1 aliphatic heterocycles. The number of hydrogen-bond donors (Lipinski definition) is 6. The number of methoxy groups -OCH3 is 1. The number of carbonyl (C=O) groups is 1. The molecule has 3 atom stereocenters. The predicted molar refractivity (Wildman–Crippen MR) is 209 cm³/mol. The van der Waals surface area contributed by atoms with Crippen molar-refractivity contribution < 1.29 is 39.8 Å². The number of anilines is 2. The molecule has 0 fully saturated rings. The molecule has 4 aromatic carbocycles. The van der Waals surface area contributed by atoms with Crippen LogP contribution < -0.4 is 14.8 Å². The third kappa shape index (κ3) is 9.17. The number of ketones is 1. The number of carbonyl (C=O) groups excluding carboxylic acids is 1. The van der Waals surface area contributed by atoms with E-state index in [1.807, 2.05) is 30.3 Å². The van der Waals surface area contributed by atoms with Crippen LogP contribution >= 0.6 is 0 Å². The lowest BCUT2D eigenvalue weighted by Crippen LogP contribution is -2.32. The highest BCUT2D eigenvalue weighted by Gasteiger charge is 2.31. The maximum Gasteiger partial charge on any atom is 0.200 e. The van der Waals surface area contributed by atoms with Crippen LogP contribution in [0.15, 0.2) is 79.0 Å². The lowest BCUT2D eigenvalue weighted by molar-refractivity contribution is -0.127. The molecular weight excluding hydrogens is 684 g/mol. The Morgan fingerprint density at radius 3 is 2.52 bits per heavy atom. The minimum atomic E-state index is -0.991. The third-order valence-corrected chi connectivity index (χ3v) is 10.4. The van der Waals surface area contributed by atoms with Gasteiger partial charge in [-0.1, -0.05) is 32.0 Å². The molecule has 10 nitrogen and oxygen atoms in total. The Kier molecular flexibility index (Phi) is 12.1. The van der Waals surface area contributed by atoms with Crippen LogP contribution in [-0.2, 0) is 24.1 Å². The number of aryl methyl sites for hydroxylation is 2. The molecule has 1 aliphatic rings.